The number of hydrogen-bond donors (Lipinski definition) is 2. The van der Waals surface area contributed by atoms with E-state index in [1.165, 1.54) is 0 Å². The molecule has 1 fully saturated rings. The Morgan fingerprint density at radius 2 is 1.44 bits per heavy atom. The van der Waals surface area contributed by atoms with Crippen LogP contribution >= 0.6 is 0 Å². The Morgan fingerprint density at radius 3 is 2.03 bits per heavy atom. The standard InChI is InChI=1S/C26H20F5N3O5/c27-20-16(21(28)23(30)24(31)22(20)29)11-17(32-26(37)38-13-14-7-3-1-4-8-14)25(36)33-34-18(35)12-19(34)39-15-9-5-2-6-10-15/h1-10,17,19H,11-13H2,(H,32,37)(H,33,36)/t17-,19?/m0/s1. The number of para-hydroxylation sites is 1. The molecule has 13 heteroatoms. The molecule has 0 saturated carbocycles. The van der Waals surface area contributed by atoms with E-state index < -0.39 is 71.2 Å². The van der Waals surface area contributed by atoms with Crippen molar-refractivity contribution in [2.24, 2.45) is 0 Å². The van der Waals surface area contributed by atoms with Gasteiger partial charge in [-0.3, -0.25) is 15.0 Å². The summed E-state index contributed by atoms with van der Waals surface area (Å²) in [4.78, 5) is 37.6. The lowest BCUT2D eigenvalue weighted by Gasteiger charge is -2.40. The van der Waals surface area contributed by atoms with Crippen molar-refractivity contribution in [3.63, 3.8) is 0 Å². The molecule has 2 N–H and O–H groups in total. The van der Waals surface area contributed by atoms with Crippen LogP contribution in [0.25, 0.3) is 0 Å². The van der Waals surface area contributed by atoms with E-state index in [1.54, 1.807) is 60.7 Å². The molecule has 8 nitrogen and oxygen atoms in total. The van der Waals surface area contributed by atoms with Crippen LogP contribution in [0, 0.1) is 29.1 Å². The third kappa shape index (κ3) is 6.25. The lowest BCUT2D eigenvalue weighted by Crippen LogP contribution is -2.65. The number of halogens is 5. The maximum absolute atomic E-state index is 14.4. The highest BCUT2D eigenvalue weighted by atomic mass is 19.2. The maximum atomic E-state index is 14.4. The van der Waals surface area contributed by atoms with Gasteiger partial charge in [-0.25, -0.2) is 31.8 Å². The monoisotopic (exact) mass is 549 g/mol. The van der Waals surface area contributed by atoms with Gasteiger partial charge in [-0.05, 0) is 17.7 Å². The molecular weight excluding hydrogens is 529 g/mol. The summed E-state index contributed by atoms with van der Waals surface area (Å²) in [6, 6.07) is 14.7. The molecule has 204 valence electrons. The molecule has 0 aromatic heterocycles. The second kappa shape index (κ2) is 11.8. The Kier molecular flexibility index (Phi) is 8.27. The van der Waals surface area contributed by atoms with E-state index in [0.717, 1.165) is 5.01 Å². The highest BCUT2D eigenvalue weighted by Gasteiger charge is 2.41. The summed E-state index contributed by atoms with van der Waals surface area (Å²) in [5, 5.41) is 2.83. The zero-order valence-electron chi connectivity index (χ0n) is 19.9. The predicted octanol–water partition coefficient (Wildman–Crippen LogP) is 3.89. The first-order valence-electron chi connectivity index (χ1n) is 11.5. The first-order valence-corrected chi connectivity index (χ1v) is 11.5. The second-order valence-corrected chi connectivity index (χ2v) is 8.34. The smallest absolute Gasteiger partial charge is 0.408 e. The number of nitrogens with zero attached hydrogens (tertiary/aromatic N) is 1. The first kappa shape index (κ1) is 27.4. The Labute approximate surface area is 218 Å². The number of carbonyl (C=O) groups is 3. The van der Waals surface area contributed by atoms with Gasteiger partial charge in [-0.15, -0.1) is 0 Å². The molecule has 0 radical (unpaired) electrons. The fraction of sp³-hybridized carbons (Fsp3) is 0.192. The minimum Gasteiger partial charge on any atom is -0.468 e. The van der Waals surface area contributed by atoms with Crippen molar-refractivity contribution in [3.8, 4) is 5.75 Å². The van der Waals surface area contributed by atoms with E-state index in [1.807, 2.05) is 0 Å². The lowest BCUT2D eigenvalue weighted by atomic mass is 10.0. The number of carbonyl (C=O) groups excluding carboxylic acids is 3. The van der Waals surface area contributed by atoms with Gasteiger partial charge >= 0.3 is 6.09 Å². The topological polar surface area (TPSA) is 97.0 Å². The van der Waals surface area contributed by atoms with Gasteiger partial charge in [-0.2, -0.15) is 0 Å². The Morgan fingerprint density at radius 1 is 0.872 bits per heavy atom. The van der Waals surface area contributed by atoms with Crippen molar-refractivity contribution in [1.82, 2.24) is 15.8 Å². The van der Waals surface area contributed by atoms with Gasteiger partial charge in [0.2, 0.25) is 18.0 Å². The van der Waals surface area contributed by atoms with Crippen LogP contribution in [-0.2, 0) is 27.4 Å². The van der Waals surface area contributed by atoms with Crippen LogP contribution in [-0.4, -0.2) is 35.2 Å². The Balaban J connectivity index is 1.52. The maximum Gasteiger partial charge on any atom is 0.408 e. The van der Waals surface area contributed by atoms with Crippen molar-refractivity contribution < 1.29 is 45.8 Å². The van der Waals surface area contributed by atoms with Gasteiger partial charge in [0.25, 0.3) is 5.91 Å². The number of rotatable bonds is 9. The summed E-state index contributed by atoms with van der Waals surface area (Å²) in [6.45, 7) is -0.249. The van der Waals surface area contributed by atoms with Gasteiger partial charge in [0, 0.05) is 12.0 Å². The minimum atomic E-state index is -2.38. The average molecular weight is 549 g/mol. The molecular formula is C26H20F5N3O5. The van der Waals surface area contributed by atoms with Crippen LogP contribution in [0.1, 0.15) is 17.5 Å². The van der Waals surface area contributed by atoms with E-state index in [-0.39, 0.29) is 13.0 Å². The molecule has 0 aliphatic carbocycles. The van der Waals surface area contributed by atoms with Crippen LogP contribution in [0.3, 0.4) is 0 Å². The summed E-state index contributed by atoms with van der Waals surface area (Å²) >= 11 is 0. The van der Waals surface area contributed by atoms with Gasteiger partial charge in [-0.1, -0.05) is 48.5 Å². The summed E-state index contributed by atoms with van der Waals surface area (Å²) in [5.41, 5.74) is 1.38. The number of alkyl carbamates (subject to hydrolysis) is 1. The summed E-state index contributed by atoms with van der Waals surface area (Å²) in [6.07, 6.45) is -3.47. The zero-order chi connectivity index (χ0) is 28.1. The molecule has 1 aliphatic rings. The number of benzene rings is 3. The van der Waals surface area contributed by atoms with E-state index in [4.69, 9.17) is 9.47 Å². The minimum absolute atomic E-state index is 0.121. The van der Waals surface area contributed by atoms with Crippen LogP contribution in [0.5, 0.6) is 5.75 Å². The largest absolute Gasteiger partial charge is 0.468 e. The molecule has 3 amide bonds. The van der Waals surface area contributed by atoms with E-state index in [2.05, 4.69) is 10.7 Å². The second-order valence-electron chi connectivity index (χ2n) is 8.34. The molecule has 39 heavy (non-hydrogen) atoms. The third-order valence-corrected chi connectivity index (χ3v) is 5.68. The molecule has 1 aliphatic heterocycles. The van der Waals surface area contributed by atoms with E-state index in [9.17, 15) is 36.3 Å². The van der Waals surface area contributed by atoms with Crippen LogP contribution in [0.2, 0.25) is 0 Å². The van der Waals surface area contributed by atoms with Crippen molar-refractivity contribution >= 4 is 17.9 Å². The predicted molar refractivity (Wildman–Crippen MR) is 124 cm³/mol. The van der Waals surface area contributed by atoms with Crippen LogP contribution in [0.4, 0.5) is 26.7 Å². The van der Waals surface area contributed by atoms with Gasteiger partial charge < -0.3 is 14.8 Å². The fourth-order valence-corrected chi connectivity index (χ4v) is 3.62. The van der Waals surface area contributed by atoms with Crippen molar-refractivity contribution in [2.75, 3.05) is 0 Å². The van der Waals surface area contributed by atoms with Gasteiger partial charge in [0.05, 0.1) is 6.42 Å². The molecule has 4 rings (SSSR count). The number of nitrogens with one attached hydrogen (secondary N) is 2. The molecule has 1 heterocycles. The Hall–Kier alpha value is -4.68. The quantitative estimate of drug-likeness (QED) is 0.183. The van der Waals surface area contributed by atoms with Gasteiger partial charge in [0.15, 0.2) is 23.3 Å². The number of hydrazine groups is 1. The van der Waals surface area contributed by atoms with E-state index >= 15 is 0 Å². The van der Waals surface area contributed by atoms with Crippen LogP contribution in [0.15, 0.2) is 60.7 Å². The first-order chi connectivity index (χ1) is 18.7. The van der Waals surface area contributed by atoms with Crippen molar-refractivity contribution in [2.45, 2.75) is 31.7 Å². The normalized spacial score (nSPS) is 15.3. The highest BCUT2D eigenvalue weighted by Crippen LogP contribution is 2.25. The number of β-lactam (4-membered cyclic amide) rings is 1. The summed E-state index contributed by atoms with van der Waals surface area (Å²) < 4.78 is 80.4. The number of amides is 3. The Bertz CT molecular complexity index is 1350. The lowest BCUT2D eigenvalue weighted by molar-refractivity contribution is -0.173. The molecule has 3 aromatic carbocycles. The zero-order valence-corrected chi connectivity index (χ0v) is 19.9. The summed E-state index contributed by atoms with van der Waals surface area (Å²) in [5.74, 6) is -12.6. The molecule has 1 unspecified atom stereocenters. The SMILES string of the molecule is O=C(N[C@@H](Cc1c(F)c(F)c(F)c(F)c1F)C(=O)NN1C(=O)CC1Oc1ccccc1)OCc1ccccc1. The molecule has 0 bridgehead atoms. The summed E-state index contributed by atoms with van der Waals surface area (Å²) in [7, 11) is 0. The van der Waals surface area contributed by atoms with Gasteiger partial charge in [0.1, 0.15) is 18.4 Å². The van der Waals surface area contributed by atoms with E-state index in [0.29, 0.717) is 11.3 Å². The molecule has 3 aromatic rings. The molecule has 2 atom stereocenters. The number of hydrogen-bond acceptors (Lipinski definition) is 5. The highest BCUT2D eigenvalue weighted by molar-refractivity contribution is 5.90. The van der Waals surface area contributed by atoms with Crippen molar-refractivity contribution in [1.29, 1.82) is 0 Å². The third-order valence-electron chi connectivity index (χ3n) is 5.68. The molecule has 1 saturated heterocycles. The molecule has 0 spiro atoms. The number of ether oxygens (including phenoxy) is 2. The van der Waals surface area contributed by atoms with Crippen LogP contribution < -0.4 is 15.5 Å². The average Bonchev–Trinajstić information content (AvgIpc) is 2.95. The van der Waals surface area contributed by atoms with Crippen molar-refractivity contribution in [3.05, 3.63) is 101 Å². The fourth-order valence-electron chi connectivity index (χ4n) is 3.62.